The highest BCUT2D eigenvalue weighted by Gasteiger charge is 2.35. The Balaban J connectivity index is 2.23. The van der Waals surface area contributed by atoms with Crippen molar-refractivity contribution in [1.82, 2.24) is 9.78 Å². The van der Waals surface area contributed by atoms with Crippen LogP contribution in [0.15, 0.2) is 12.3 Å². The van der Waals surface area contributed by atoms with Crippen molar-refractivity contribution in [2.24, 2.45) is 0 Å². The van der Waals surface area contributed by atoms with Crippen LogP contribution in [-0.4, -0.2) is 9.78 Å². The van der Waals surface area contributed by atoms with Gasteiger partial charge >= 0.3 is 6.18 Å². The molecular weight excluding hydrogens is 169 g/mol. The van der Waals surface area contributed by atoms with Crippen LogP contribution in [0.5, 0.6) is 0 Å². The number of hydrogen-bond donors (Lipinski definition) is 0. The van der Waals surface area contributed by atoms with Crippen LogP contribution in [0.3, 0.4) is 0 Å². The first-order valence-corrected chi connectivity index (χ1v) is 3.70. The third-order valence-electron chi connectivity index (χ3n) is 1.82. The van der Waals surface area contributed by atoms with Gasteiger partial charge in [-0.2, -0.15) is 18.3 Å². The second-order valence-electron chi connectivity index (χ2n) is 2.91. The predicted molar refractivity (Wildman–Crippen MR) is 35.5 cm³/mol. The van der Waals surface area contributed by atoms with Gasteiger partial charge in [0.15, 0.2) is 5.69 Å². The van der Waals surface area contributed by atoms with Gasteiger partial charge in [-0.1, -0.05) is 0 Å². The third kappa shape index (κ3) is 1.31. The van der Waals surface area contributed by atoms with E-state index in [1.807, 2.05) is 0 Å². The first kappa shape index (κ1) is 7.64. The fraction of sp³-hybridized carbons (Fsp3) is 0.571. The Morgan fingerprint density at radius 2 is 2.08 bits per heavy atom. The summed E-state index contributed by atoms with van der Waals surface area (Å²) < 4.78 is 37.4. The second kappa shape index (κ2) is 2.24. The molecule has 1 aromatic heterocycles. The maximum Gasteiger partial charge on any atom is 0.435 e. The average Bonchev–Trinajstić information content (AvgIpc) is 2.66. The fourth-order valence-corrected chi connectivity index (χ4v) is 1.03. The van der Waals surface area contributed by atoms with Gasteiger partial charge in [-0.05, 0) is 18.9 Å². The smallest absolute Gasteiger partial charge is 0.269 e. The molecule has 0 unspecified atom stereocenters. The molecule has 2 rings (SSSR count). The van der Waals surface area contributed by atoms with E-state index in [2.05, 4.69) is 5.10 Å². The van der Waals surface area contributed by atoms with Crippen molar-refractivity contribution in [2.45, 2.75) is 25.1 Å². The van der Waals surface area contributed by atoms with E-state index in [1.54, 1.807) is 0 Å². The maximum absolute atomic E-state index is 12.0. The van der Waals surface area contributed by atoms with Crippen LogP contribution in [0.1, 0.15) is 24.6 Å². The Hall–Kier alpha value is -1.00. The summed E-state index contributed by atoms with van der Waals surface area (Å²) in [4.78, 5) is 0. The Kier molecular flexibility index (Phi) is 1.43. The quantitative estimate of drug-likeness (QED) is 0.641. The fourth-order valence-electron chi connectivity index (χ4n) is 1.03. The Morgan fingerprint density at radius 1 is 1.42 bits per heavy atom. The lowest BCUT2D eigenvalue weighted by molar-refractivity contribution is -0.141. The van der Waals surface area contributed by atoms with Gasteiger partial charge in [0.2, 0.25) is 0 Å². The summed E-state index contributed by atoms with van der Waals surface area (Å²) in [6.07, 6.45) is -1.03. The molecule has 66 valence electrons. The maximum atomic E-state index is 12.0. The van der Waals surface area contributed by atoms with Gasteiger partial charge in [0, 0.05) is 6.20 Å². The van der Waals surface area contributed by atoms with Crippen LogP contribution in [0.4, 0.5) is 13.2 Å². The number of rotatable bonds is 1. The Bertz CT molecular complexity index is 285. The zero-order valence-electron chi connectivity index (χ0n) is 6.17. The predicted octanol–water partition coefficient (Wildman–Crippen LogP) is 2.24. The van der Waals surface area contributed by atoms with E-state index in [0.29, 0.717) is 0 Å². The average molecular weight is 176 g/mol. The molecule has 1 heterocycles. The van der Waals surface area contributed by atoms with E-state index in [9.17, 15) is 13.2 Å². The molecule has 2 nitrogen and oxygen atoms in total. The van der Waals surface area contributed by atoms with Crippen LogP contribution in [0, 0.1) is 0 Å². The van der Waals surface area contributed by atoms with Crippen LogP contribution < -0.4 is 0 Å². The lowest BCUT2D eigenvalue weighted by Gasteiger charge is -2.00. The largest absolute Gasteiger partial charge is 0.435 e. The normalized spacial score (nSPS) is 18.2. The van der Waals surface area contributed by atoms with Gasteiger partial charge in [-0.15, -0.1) is 0 Å². The summed E-state index contributed by atoms with van der Waals surface area (Å²) in [6.45, 7) is 0. The summed E-state index contributed by atoms with van der Waals surface area (Å²) >= 11 is 0. The molecule has 0 aliphatic heterocycles. The van der Waals surface area contributed by atoms with Gasteiger partial charge in [-0.3, -0.25) is 4.68 Å². The minimum Gasteiger partial charge on any atom is -0.269 e. The van der Waals surface area contributed by atoms with Crippen molar-refractivity contribution in [3.8, 4) is 0 Å². The molecule has 1 aliphatic rings. The number of hydrogen-bond acceptors (Lipinski definition) is 1. The van der Waals surface area contributed by atoms with Crippen LogP contribution in [0.2, 0.25) is 0 Å². The molecule has 12 heavy (non-hydrogen) atoms. The number of nitrogens with zero attached hydrogens (tertiary/aromatic N) is 2. The molecular formula is C7H7F3N2. The molecule has 0 radical (unpaired) electrons. The highest BCUT2D eigenvalue weighted by Crippen LogP contribution is 2.35. The molecule has 1 aliphatic carbocycles. The summed E-state index contributed by atoms with van der Waals surface area (Å²) in [5.74, 6) is 0. The third-order valence-corrected chi connectivity index (χ3v) is 1.82. The Morgan fingerprint density at radius 3 is 2.50 bits per heavy atom. The number of halogens is 3. The van der Waals surface area contributed by atoms with Crippen molar-refractivity contribution < 1.29 is 13.2 Å². The van der Waals surface area contributed by atoms with Gasteiger partial charge in [0.1, 0.15) is 0 Å². The highest BCUT2D eigenvalue weighted by atomic mass is 19.4. The van der Waals surface area contributed by atoms with E-state index >= 15 is 0 Å². The number of alkyl halides is 3. The summed E-state index contributed by atoms with van der Waals surface area (Å²) in [7, 11) is 0. The van der Waals surface area contributed by atoms with E-state index in [4.69, 9.17) is 0 Å². The van der Waals surface area contributed by atoms with Crippen molar-refractivity contribution in [1.29, 1.82) is 0 Å². The van der Waals surface area contributed by atoms with Crippen molar-refractivity contribution >= 4 is 0 Å². The van der Waals surface area contributed by atoms with E-state index in [-0.39, 0.29) is 6.04 Å². The SMILES string of the molecule is FC(F)(F)c1ccn(C2CC2)n1. The summed E-state index contributed by atoms with van der Waals surface area (Å²) in [6, 6.07) is 1.22. The topological polar surface area (TPSA) is 17.8 Å². The summed E-state index contributed by atoms with van der Waals surface area (Å²) in [5.41, 5.74) is -0.797. The van der Waals surface area contributed by atoms with Crippen LogP contribution in [-0.2, 0) is 6.18 Å². The molecule has 0 atom stereocenters. The van der Waals surface area contributed by atoms with Gasteiger partial charge in [0.25, 0.3) is 0 Å². The zero-order chi connectivity index (χ0) is 8.77. The second-order valence-corrected chi connectivity index (χ2v) is 2.91. The molecule has 0 bridgehead atoms. The molecule has 0 spiro atoms. The Labute approximate surface area is 67.0 Å². The van der Waals surface area contributed by atoms with Gasteiger partial charge in [0.05, 0.1) is 6.04 Å². The highest BCUT2D eigenvalue weighted by molar-refractivity contribution is 5.04. The molecule has 5 heteroatoms. The van der Waals surface area contributed by atoms with E-state index < -0.39 is 11.9 Å². The van der Waals surface area contributed by atoms with Gasteiger partial charge in [-0.25, -0.2) is 0 Å². The molecule has 1 fully saturated rings. The van der Waals surface area contributed by atoms with Crippen molar-refractivity contribution in [3.63, 3.8) is 0 Å². The minimum atomic E-state index is -4.31. The van der Waals surface area contributed by atoms with Crippen LogP contribution in [0.25, 0.3) is 0 Å². The molecule has 0 N–H and O–H groups in total. The van der Waals surface area contributed by atoms with E-state index in [1.165, 1.54) is 10.9 Å². The standard InChI is InChI=1S/C7H7F3N2/c8-7(9,10)6-3-4-12(11-6)5-1-2-5/h3-5H,1-2H2. The first-order valence-electron chi connectivity index (χ1n) is 3.70. The number of aromatic nitrogens is 2. The van der Waals surface area contributed by atoms with E-state index in [0.717, 1.165) is 18.9 Å². The van der Waals surface area contributed by atoms with Crippen LogP contribution >= 0.6 is 0 Å². The first-order chi connectivity index (χ1) is 5.57. The molecule has 1 saturated carbocycles. The molecule has 1 aromatic rings. The lowest BCUT2D eigenvalue weighted by atomic mass is 10.4. The lowest BCUT2D eigenvalue weighted by Crippen LogP contribution is -2.07. The zero-order valence-corrected chi connectivity index (χ0v) is 6.17. The van der Waals surface area contributed by atoms with Crippen molar-refractivity contribution in [3.05, 3.63) is 18.0 Å². The van der Waals surface area contributed by atoms with Gasteiger partial charge < -0.3 is 0 Å². The summed E-state index contributed by atoms with van der Waals surface area (Å²) in [5, 5.41) is 3.44. The molecule has 0 amide bonds. The molecule has 0 saturated heterocycles. The monoisotopic (exact) mass is 176 g/mol. The van der Waals surface area contributed by atoms with Crippen molar-refractivity contribution in [2.75, 3.05) is 0 Å². The minimum absolute atomic E-state index is 0.209. The molecule has 0 aromatic carbocycles.